The smallest absolute Gasteiger partial charge is 0.230 e. The van der Waals surface area contributed by atoms with E-state index in [1.807, 2.05) is 35.6 Å². The fourth-order valence-corrected chi connectivity index (χ4v) is 7.30. The predicted molar refractivity (Wildman–Crippen MR) is 160 cm³/mol. The number of thiophene rings is 1. The van der Waals surface area contributed by atoms with Gasteiger partial charge in [0, 0.05) is 50.6 Å². The van der Waals surface area contributed by atoms with Crippen molar-refractivity contribution in [2.45, 2.75) is 45.6 Å². The number of fused-ring (bicyclic) bond motifs is 3. The van der Waals surface area contributed by atoms with Crippen molar-refractivity contribution in [1.82, 2.24) is 19.8 Å². The Morgan fingerprint density at radius 3 is 2.33 bits per heavy atom. The molecule has 6 nitrogen and oxygen atoms in total. The Morgan fingerprint density at radius 2 is 1.64 bits per heavy atom. The highest BCUT2D eigenvalue weighted by molar-refractivity contribution is 7.19. The van der Waals surface area contributed by atoms with Crippen molar-refractivity contribution in [3.63, 3.8) is 0 Å². The normalized spacial score (nSPS) is 16.9. The summed E-state index contributed by atoms with van der Waals surface area (Å²) in [6, 6.07) is 20.7. The zero-order valence-corrected chi connectivity index (χ0v) is 23.8. The van der Waals surface area contributed by atoms with Crippen LogP contribution < -0.4 is 4.90 Å². The standard InChI is InChI=1S/C32H37N5OS/c1-3-25(24-13-9-6-10-14-24)32(38)37-19-17-36(18-20-37)30-29-26-15-16-35(4-2)22-27(26)39-31(29)34-28(33-30)21-23-11-7-5-8-12-23/h5-14,25H,3-4,15-22H2,1-2H3/t25-/m1/s1. The molecule has 0 saturated carbocycles. The van der Waals surface area contributed by atoms with E-state index in [0.717, 1.165) is 87.1 Å². The molecule has 1 amide bonds. The first-order valence-corrected chi connectivity index (χ1v) is 15.1. The Balaban J connectivity index is 1.28. The second-order valence-corrected chi connectivity index (χ2v) is 11.7. The molecular formula is C32H37N5OS. The largest absolute Gasteiger partial charge is 0.352 e. The molecule has 0 bridgehead atoms. The zero-order valence-electron chi connectivity index (χ0n) is 23.0. The van der Waals surface area contributed by atoms with E-state index < -0.39 is 0 Å². The summed E-state index contributed by atoms with van der Waals surface area (Å²) in [6.07, 6.45) is 2.58. The number of rotatable bonds is 7. The Labute approximate surface area is 235 Å². The molecule has 6 rings (SSSR count). The Hall–Kier alpha value is -3.29. The summed E-state index contributed by atoms with van der Waals surface area (Å²) in [5.74, 6) is 2.11. The van der Waals surface area contributed by atoms with Crippen LogP contribution in [0, 0.1) is 0 Å². The third-order valence-electron chi connectivity index (χ3n) is 8.26. The molecule has 2 aromatic heterocycles. The van der Waals surface area contributed by atoms with Crippen molar-refractivity contribution in [2.75, 3.05) is 44.2 Å². The van der Waals surface area contributed by atoms with Crippen molar-refractivity contribution in [3.8, 4) is 0 Å². The van der Waals surface area contributed by atoms with Gasteiger partial charge >= 0.3 is 0 Å². The van der Waals surface area contributed by atoms with Gasteiger partial charge in [0.1, 0.15) is 16.5 Å². The van der Waals surface area contributed by atoms with E-state index >= 15 is 0 Å². The molecule has 2 aliphatic rings. The van der Waals surface area contributed by atoms with Crippen LogP contribution >= 0.6 is 11.3 Å². The molecule has 0 aliphatic carbocycles. The Morgan fingerprint density at radius 1 is 0.923 bits per heavy atom. The summed E-state index contributed by atoms with van der Waals surface area (Å²) < 4.78 is 0. The van der Waals surface area contributed by atoms with Crippen LogP contribution in [-0.4, -0.2) is 64.9 Å². The summed E-state index contributed by atoms with van der Waals surface area (Å²) in [4.78, 5) is 33.4. The first kappa shape index (κ1) is 26.0. The van der Waals surface area contributed by atoms with Gasteiger partial charge in [0.05, 0.1) is 11.3 Å². The van der Waals surface area contributed by atoms with E-state index in [-0.39, 0.29) is 11.8 Å². The van der Waals surface area contributed by atoms with Crippen LogP contribution in [0.1, 0.15) is 53.6 Å². The number of amides is 1. The van der Waals surface area contributed by atoms with Gasteiger partial charge in [-0.05, 0) is 36.1 Å². The van der Waals surface area contributed by atoms with E-state index in [2.05, 4.69) is 64.9 Å². The molecule has 202 valence electrons. The number of hydrogen-bond donors (Lipinski definition) is 0. The quantitative estimate of drug-likeness (QED) is 0.310. The van der Waals surface area contributed by atoms with Gasteiger partial charge in [0.15, 0.2) is 0 Å². The molecule has 2 aromatic carbocycles. The van der Waals surface area contributed by atoms with Gasteiger partial charge in [-0.3, -0.25) is 9.69 Å². The molecule has 1 atom stereocenters. The molecule has 2 aliphatic heterocycles. The average Bonchev–Trinajstić information content (AvgIpc) is 3.36. The third kappa shape index (κ3) is 5.30. The average molecular weight is 540 g/mol. The van der Waals surface area contributed by atoms with E-state index in [1.165, 1.54) is 21.4 Å². The highest BCUT2D eigenvalue weighted by Crippen LogP contribution is 2.39. The van der Waals surface area contributed by atoms with Crippen LogP contribution in [0.5, 0.6) is 0 Å². The van der Waals surface area contributed by atoms with Gasteiger partial charge in [0.25, 0.3) is 0 Å². The monoisotopic (exact) mass is 539 g/mol. The van der Waals surface area contributed by atoms with Crippen LogP contribution in [0.2, 0.25) is 0 Å². The zero-order chi connectivity index (χ0) is 26.8. The SMILES string of the molecule is CC[C@@H](C(=O)N1CCN(c2nc(Cc3ccccc3)nc3sc4c(c23)CCN(CC)C4)CC1)c1ccccc1. The lowest BCUT2D eigenvalue weighted by Crippen LogP contribution is -2.50. The summed E-state index contributed by atoms with van der Waals surface area (Å²) in [5.41, 5.74) is 3.78. The highest BCUT2D eigenvalue weighted by atomic mass is 32.1. The third-order valence-corrected chi connectivity index (χ3v) is 9.37. The lowest BCUT2D eigenvalue weighted by molar-refractivity contribution is -0.133. The molecule has 4 aromatic rings. The van der Waals surface area contributed by atoms with Gasteiger partial charge in [-0.25, -0.2) is 9.97 Å². The number of nitrogens with zero attached hydrogens (tertiary/aromatic N) is 5. The van der Waals surface area contributed by atoms with Crippen LogP contribution in [-0.2, 0) is 24.2 Å². The van der Waals surface area contributed by atoms with Crippen LogP contribution in [0.25, 0.3) is 10.2 Å². The molecule has 0 N–H and O–H groups in total. The minimum Gasteiger partial charge on any atom is -0.352 e. The van der Waals surface area contributed by atoms with Crippen LogP contribution in [0.3, 0.4) is 0 Å². The highest BCUT2D eigenvalue weighted by Gasteiger charge is 2.31. The maximum atomic E-state index is 13.5. The molecule has 0 spiro atoms. The van der Waals surface area contributed by atoms with Gasteiger partial charge in [-0.2, -0.15) is 0 Å². The summed E-state index contributed by atoms with van der Waals surface area (Å²) in [7, 11) is 0. The summed E-state index contributed by atoms with van der Waals surface area (Å²) in [5, 5.41) is 1.25. The number of carbonyl (C=O) groups excluding carboxylic acids is 1. The number of piperazine rings is 1. The minimum absolute atomic E-state index is 0.0774. The minimum atomic E-state index is -0.0774. The molecule has 0 unspecified atom stereocenters. The van der Waals surface area contributed by atoms with Gasteiger partial charge in [-0.15, -0.1) is 11.3 Å². The van der Waals surface area contributed by atoms with Gasteiger partial charge in [0.2, 0.25) is 5.91 Å². The number of aromatic nitrogens is 2. The molecule has 0 radical (unpaired) electrons. The number of benzene rings is 2. The molecule has 4 heterocycles. The van der Waals surface area contributed by atoms with E-state index in [0.29, 0.717) is 0 Å². The van der Waals surface area contributed by atoms with Crippen molar-refractivity contribution in [1.29, 1.82) is 0 Å². The van der Waals surface area contributed by atoms with Gasteiger partial charge < -0.3 is 9.80 Å². The van der Waals surface area contributed by atoms with Gasteiger partial charge in [-0.1, -0.05) is 74.5 Å². The topological polar surface area (TPSA) is 52.6 Å². The second kappa shape index (κ2) is 11.4. The first-order valence-electron chi connectivity index (χ1n) is 14.3. The fraction of sp³-hybridized carbons (Fsp3) is 0.406. The number of hydrogen-bond acceptors (Lipinski definition) is 6. The van der Waals surface area contributed by atoms with Crippen molar-refractivity contribution in [2.24, 2.45) is 0 Å². The van der Waals surface area contributed by atoms with Crippen LogP contribution in [0.4, 0.5) is 5.82 Å². The molecular weight excluding hydrogens is 502 g/mol. The predicted octanol–water partition coefficient (Wildman–Crippen LogP) is 5.50. The van der Waals surface area contributed by atoms with Crippen molar-refractivity contribution < 1.29 is 4.79 Å². The Bertz CT molecular complexity index is 1430. The maximum absolute atomic E-state index is 13.5. The number of likely N-dealkylation sites (N-methyl/N-ethyl adjacent to an activating group) is 1. The molecule has 1 saturated heterocycles. The lowest BCUT2D eigenvalue weighted by atomic mass is 9.95. The van der Waals surface area contributed by atoms with Crippen LogP contribution in [0.15, 0.2) is 60.7 Å². The van der Waals surface area contributed by atoms with E-state index in [4.69, 9.17) is 9.97 Å². The lowest BCUT2D eigenvalue weighted by Gasteiger charge is -2.37. The fourth-order valence-electron chi connectivity index (χ4n) is 6.03. The van der Waals surface area contributed by atoms with E-state index in [9.17, 15) is 4.79 Å². The first-order chi connectivity index (χ1) is 19.1. The van der Waals surface area contributed by atoms with Crippen molar-refractivity contribution in [3.05, 3.63) is 88.1 Å². The summed E-state index contributed by atoms with van der Waals surface area (Å²) >= 11 is 1.85. The molecule has 39 heavy (non-hydrogen) atoms. The number of carbonyl (C=O) groups is 1. The maximum Gasteiger partial charge on any atom is 0.230 e. The second-order valence-electron chi connectivity index (χ2n) is 10.6. The van der Waals surface area contributed by atoms with Crippen molar-refractivity contribution >= 4 is 33.3 Å². The molecule has 7 heteroatoms. The van der Waals surface area contributed by atoms with E-state index in [1.54, 1.807) is 0 Å². The molecule has 1 fully saturated rings. The summed E-state index contributed by atoms with van der Waals surface area (Å²) in [6.45, 7) is 10.5. The number of anilines is 1. The Kier molecular flexibility index (Phi) is 7.62.